The molecule has 4 fully saturated rings. The molecular formula is C36H50N2O18. The number of ether oxygens (including phenoxy) is 11. The molecule has 0 unspecified atom stereocenters. The van der Waals surface area contributed by atoms with Gasteiger partial charge in [0, 0.05) is 47.3 Å². The number of nitrogens with one attached hydrogen (secondary N) is 2. The highest BCUT2D eigenvalue weighted by atomic mass is 16.8. The van der Waals surface area contributed by atoms with E-state index in [1.54, 1.807) is 19.1 Å². The Kier molecular flexibility index (Phi) is 14.7. The van der Waals surface area contributed by atoms with E-state index in [1.165, 1.54) is 21.0 Å². The van der Waals surface area contributed by atoms with E-state index in [-0.39, 0.29) is 6.61 Å². The smallest absolute Gasteiger partial charge is 0.303 e. The summed E-state index contributed by atoms with van der Waals surface area (Å²) in [5.74, 6) is -3.49. The first-order chi connectivity index (χ1) is 26.6. The molecule has 0 radical (unpaired) electrons. The summed E-state index contributed by atoms with van der Waals surface area (Å²) in [6.07, 6.45) is -18.0. The standard InChI is InChI=1S/C36H50N2O18/c1-15-26(44)31(55-34-24(37-16(2)39)27(45)28-22(52-34)14-48-33(54-28)21-11-9-8-10-12-21)32(36(46-7)49-15)56-35-25(38-17(3)40)30(51-20(6)43)29(50-19(5)42)23(53-35)13-47-18(4)41/h8-12,15,22-36,44-45H,13-14H2,1-7H3,(H,37,39)(H,38,40)/t15-,22+,23+,24+,25+,26-,27+,28+,29-,30+,31+,32+,33+,34-,35+,36+/m0/s1. The summed E-state index contributed by atoms with van der Waals surface area (Å²) in [7, 11) is 1.29. The van der Waals surface area contributed by atoms with Crippen LogP contribution in [-0.4, -0.2) is 152 Å². The lowest BCUT2D eigenvalue weighted by Gasteiger charge is -2.51. The molecular weight excluding hydrogens is 748 g/mol. The minimum Gasteiger partial charge on any atom is -0.463 e. The van der Waals surface area contributed by atoms with Gasteiger partial charge < -0.3 is 73.0 Å². The Morgan fingerprint density at radius 1 is 0.714 bits per heavy atom. The van der Waals surface area contributed by atoms with Crippen molar-refractivity contribution in [2.45, 2.75) is 140 Å². The number of methoxy groups -OCH3 is 1. The summed E-state index contributed by atoms with van der Waals surface area (Å²) in [5, 5.41) is 28.5. The number of carbonyl (C=O) groups excluding carboxylic acids is 5. The second kappa shape index (κ2) is 19.1. The van der Waals surface area contributed by atoms with E-state index >= 15 is 0 Å². The molecule has 4 saturated heterocycles. The van der Waals surface area contributed by atoms with Crippen molar-refractivity contribution in [3.05, 3.63) is 35.9 Å². The molecule has 0 spiro atoms. The van der Waals surface area contributed by atoms with E-state index in [0.717, 1.165) is 20.8 Å². The SMILES string of the molecule is CO[C@@H]1O[C@@H](C)[C@H](O)[C@@H](O[C@@H]2O[C@@H]3CO[C@@H](c4ccccc4)O[C@H]3[C@H](O)[C@H]2NC(C)=O)[C@H]1O[C@H]1O[C@H](COC(C)=O)[C@H](OC(C)=O)[C@H](OC(C)=O)[C@H]1NC(C)=O. The monoisotopic (exact) mass is 798 g/mol. The first kappa shape index (κ1) is 43.3. The topological polar surface area (TPSA) is 251 Å². The summed E-state index contributed by atoms with van der Waals surface area (Å²) in [6.45, 7) is 6.75. The molecule has 0 saturated carbocycles. The van der Waals surface area contributed by atoms with Crippen LogP contribution in [0.3, 0.4) is 0 Å². The zero-order valence-corrected chi connectivity index (χ0v) is 32.0. The average molecular weight is 799 g/mol. The van der Waals surface area contributed by atoms with Crippen LogP contribution >= 0.6 is 0 Å². The van der Waals surface area contributed by atoms with Crippen LogP contribution < -0.4 is 10.6 Å². The lowest BCUT2D eigenvalue weighted by molar-refractivity contribution is -0.386. The number of fused-ring (bicyclic) bond motifs is 1. The van der Waals surface area contributed by atoms with Crippen molar-refractivity contribution in [1.82, 2.24) is 10.6 Å². The minimum atomic E-state index is -1.61. The number of aliphatic hydroxyl groups is 2. The van der Waals surface area contributed by atoms with E-state index in [1.807, 2.05) is 18.2 Å². The maximum absolute atomic E-state index is 12.6. The van der Waals surface area contributed by atoms with Crippen LogP contribution in [0.25, 0.3) is 0 Å². The van der Waals surface area contributed by atoms with E-state index in [4.69, 9.17) is 52.1 Å². The largest absolute Gasteiger partial charge is 0.463 e. The van der Waals surface area contributed by atoms with Gasteiger partial charge in [-0.15, -0.1) is 0 Å². The average Bonchev–Trinajstić information content (AvgIpc) is 3.13. The van der Waals surface area contributed by atoms with Gasteiger partial charge in [-0.1, -0.05) is 30.3 Å². The van der Waals surface area contributed by atoms with Crippen LogP contribution in [-0.2, 0) is 76.1 Å². The highest BCUT2D eigenvalue weighted by Crippen LogP contribution is 2.38. The first-order valence-electron chi connectivity index (χ1n) is 18.1. The molecule has 312 valence electrons. The quantitative estimate of drug-likeness (QED) is 0.144. The van der Waals surface area contributed by atoms with E-state index in [9.17, 15) is 34.2 Å². The van der Waals surface area contributed by atoms with Gasteiger partial charge in [-0.3, -0.25) is 24.0 Å². The third-order valence-electron chi connectivity index (χ3n) is 9.45. The maximum atomic E-state index is 12.6. The zero-order chi connectivity index (χ0) is 40.8. The number of carbonyl (C=O) groups is 5. The number of benzene rings is 1. The van der Waals surface area contributed by atoms with Crippen molar-refractivity contribution < 1.29 is 86.3 Å². The Morgan fingerprint density at radius 3 is 1.93 bits per heavy atom. The molecule has 20 nitrogen and oxygen atoms in total. The summed E-state index contributed by atoms with van der Waals surface area (Å²) in [6, 6.07) is 6.41. The molecule has 1 aromatic rings. The van der Waals surface area contributed by atoms with Gasteiger partial charge in [-0.05, 0) is 6.92 Å². The second-order valence-electron chi connectivity index (χ2n) is 13.8. The van der Waals surface area contributed by atoms with Crippen LogP contribution in [0.5, 0.6) is 0 Å². The zero-order valence-electron chi connectivity index (χ0n) is 32.0. The second-order valence-corrected chi connectivity index (χ2v) is 13.8. The van der Waals surface area contributed by atoms with Crippen molar-refractivity contribution in [2.24, 2.45) is 0 Å². The van der Waals surface area contributed by atoms with Gasteiger partial charge in [0.25, 0.3) is 0 Å². The van der Waals surface area contributed by atoms with Crippen LogP contribution in [0.4, 0.5) is 0 Å². The predicted octanol–water partition coefficient (Wildman–Crippen LogP) is -1.13. The van der Waals surface area contributed by atoms with E-state index < -0.39 is 135 Å². The van der Waals surface area contributed by atoms with Crippen LogP contribution in [0.15, 0.2) is 30.3 Å². The third-order valence-corrected chi connectivity index (χ3v) is 9.45. The third kappa shape index (κ3) is 10.4. The summed E-state index contributed by atoms with van der Waals surface area (Å²) < 4.78 is 65.1. The fraction of sp³-hybridized carbons (Fsp3) is 0.694. The Morgan fingerprint density at radius 2 is 1.32 bits per heavy atom. The molecule has 20 heteroatoms. The lowest BCUT2D eigenvalue weighted by Crippen LogP contribution is -2.70. The number of hydrogen-bond acceptors (Lipinski definition) is 18. The van der Waals surface area contributed by atoms with Gasteiger partial charge in [0.1, 0.15) is 61.4 Å². The highest BCUT2D eigenvalue weighted by Gasteiger charge is 2.57. The van der Waals surface area contributed by atoms with Gasteiger partial charge in [-0.2, -0.15) is 0 Å². The van der Waals surface area contributed by atoms with Gasteiger partial charge in [0.2, 0.25) is 11.8 Å². The number of amides is 2. The van der Waals surface area contributed by atoms with E-state index in [0.29, 0.717) is 5.56 Å². The molecule has 0 bridgehead atoms. The van der Waals surface area contributed by atoms with Crippen molar-refractivity contribution in [2.75, 3.05) is 20.3 Å². The van der Waals surface area contributed by atoms with Gasteiger partial charge in [-0.25, -0.2) is 0 Å². The Balaban J connectivity index is 1.47. The molecule has 16 atom stereocenters. The fourth-order valence-electron chi connectivity index (χ4n) is 7.07. The van der Waals surface area contributed by atoms with Crippen molar-refractivity contribution in [1.29, 1.82) is 0 Å². The van der Waals surface area contributed by atoms with Crippen LogP contribution in [0.2, 0.25) is 0 Å². The molecule has 2 amide bonds. The molecule has 4 N–H and O–H groups in total. The van der Waals surface area contributed by atoms with E-state index in [2.05, 4.69) is 10.6 Å². The summed E-state index contributed by atoms with van der Waals surface area (Å²) in [4.78, 5) is 61.5. The van der Waals surface area contributed by atoms with Crippen molar-refractivity contribution >= 4 is 29.7 Å². The Hall–Kier alpha value is -3.83. The maximum Gasteiger partial charge on any atom is 0.303 e. The van der Waals surface area contributed by atoms with Crippen LogP contribution in [0, 0.1) is 0 Å². The molecule has 0 aromatic heterocycles. The van der Waals surface area contributed by atoms with Gasteiger partial charge in [0.05, 0.1) is 12.7 Å². The minimum absolute atomic E-state index is 0.0413. The van der Waals surface area contributed by atoms with Crippen molar-refractivity contribution in [3.63, 3.8) is 0 Å². The molecule has 1 aromatic carbocycles. The lowest BCUT2D eigenvalue weighted by atomic mass is 9.94. The number of rotatable bonds is 12. The molecule has 4 aliphatic heterocycles. The molecule has 5 rings (SSSR count). The number of aliphatic hydroxyl groups excluding tert-OH is 2. The fourth-order valence-corrected chi connectivity index (χ4v) is 7.07. The predicted molar refractivity (Wildman–Crippen MR) is 183 cm³/mol. The molecule has 4 aliphatic rings. The molecule has 0 aliphatic carbocycles. The van der Waals surface area contributed by atoms with Gasteiger partial charge >= 0.3 is 17.9 Å². The molecule has 56 heavy (non-hydrogen) atoms. The van der Waals surface area contributed by atoms with Crippen LogP contribution in [0.1, 0.15) is 53.4 Å². The number of esters is 3. The normalized spacial score (nSPS) is 38.3. The summed E-state index contributed by atoms with van der Waals surface area (Å²) in [5.41, 5.74) is 0.699. The Labute approximate surface area is 322 Å². The Bertz CT molecular complexity index is 1530. The van der Waals surface area contributed by atoms with Crippen molar-refractivity contribution in [3.8, 4) is 0 Å². The molecule has 4 heterocycles. The first-order valence-corrected chi connectivity index (χ1v) is 18.1. The number of hydrogen-bond donors (Lipinski definition) is 4. The summed E-state index contributed by atoms with van der Waals surface area (Å²) >= 11 is 0. The van der Waals surface area contributed by atoms with Gasteiger partial charge in [0.15, 0.2) is 37.4 Å². The highest BCUT2D eigenvalue weighted by molar-refractivity contribution is 5.74.